The van der Waals surface area contributed by atoms with Crippen LogP contribution in [-0.2, 0) is 16.1 Å². The molecule has 3 heterocycles. The second kappa shape index (κ2) is 6.88. The molecule has 1 aromatic heterocycles. The third kappa shape index (κ3) is 3.34. The molecule has 0 radical (unpaired) electrons. The summed E-state index contributed by atoms with van der Waals surface area (Å²) in [6, 6.07) is 8.93. The summed E-state index contributed by atoms with van der Waals surface area (Å²) in [7, 11) is 0. The number of amides is 2. The van der Waals surface area contributed by atoms with Crippen molar-refractivity contribution in [1.29, 1.82) is 0 Å². The van der Waals surface area contributed by atoms with Crippen LogP contribution in [0.3, 0.4) is 0 Å². The topological polar surface area (TPSA) is 52.7 Å². The molecular formula is C21H23F2N3O2S. The predicted molar refractivity (Wildman–Crippen MR) is 110 cm³/mol. The first-order valence-corrected chi connectivity index (χ1v) is 10.3. The normalized spacial score (nSPS) is 26.8. The van der Waals surface area contributed by atoms with Crippen LogP contribution in [0, 0.1) is 13.8 Å². The number of carbonyl (C=O) groups is 2. The lowest BCUT2D eigenvalue weighted by Crippen LogP contribution is -2.47. The van der Waals surface area contributed by atoms with E-state index in [1.165, 1.54) is 23.2 Å². The number of anilines is 2. The number of alkyl halides is 2. The van der Waals surface area contributed by atoms with E-state index in [1.54, 1.807) is 29.2 Å². The van der Waals surface area contributed by atoms with Gasteiger partial charge in [0.15, 0.2) is 5.67 Å². The Hall–Kier alpha value is -2.32. The first-order chi connectivity index (χ1) is 13.6. The molecule has 5 nitrogen and oxygen atoms in total. The monoisotopic (exact) mass is 419 g/mol. The number of rotatable bonds is 4. The van der Waals surface area contributed by atoms with E-state index in [2.05, 4.69) is 5.32 Å². The molecule has 8 heteroatoms. The molecule has 0 spiro atoms. The van der Waals surface area contributed by atoms with Gasteiger partial charge in [-0.1, -0.05) is 12.1 Å². The Morgan fingerprint density at radius 1 is 1.17 bits per heavy atom. The van der Waals surface area contributed by atoms with Crippen molar-refractivity contribution in [3.63, 3.8) is 0 Å². The van der Waals surface area contributed by atoms with E-state index in [9.17, 15) is 9.59 Å². The van der Waals surface area contributed by atoms with Crippen LogP contribution in [0.2, 0.25) is 0 Å². The summed E-state index contributed by atoms with van der Waals surface area (Å²) in [5, 5.41) is 2.68. The lowest BCUT2D eigenvalue weighted by molar-refractivity contribution is -0.130. The van der Waals surface area contributed by atoms with Crippen LogP contribution < -0.4 is 10.2 Å². The maximum atomic E-state index is 15.7. The smallest absolute Gasteiger partial charge is 0.269 e. The van der Waals surface area contributed by atoms with Crippen LogP contribution in [0.4, 0.5) is 20.2 Å². The highest BCUT2D eigenvalue weighted by molar-refractivity contribution is 7.12. The molecule has 154 valence electrons. The summed E-state index contributed by atoms with van der Waals surface area (Å²) >= 11 is 1.52. The number of hydrogen-bond acceptors (Lipinski definition) is 4. The third-order valence-corrected chi connectivity index (χ3v) is 6.56. The SMILES string of the molecule is CC(=O)Nc1ccc(CN2C[C@@]3(F)CN(c4cc(C)sc4C)C(=O)[C@@]3(F)C2)cc1. The van der Waals surface area contributed by atoms with Gasteiger partial charge < -0.3 is 10.2 Å². The molecule has 0 unspecified atom stereocenters. The Balaban J connectivity index is 1.49. The average Bonchev–Trinajstić information content (AvgIpc) is 3.15. The van der Waals surface area contributed by atoms with Gasteiger partial charge in [-0.05, 0) is 37.6 Å². The van der Waals surface area contributed by atoms with E-state index in [-0.39, 0.29) is 25.5 Å². The first kappa shape index (κ1) is 20.0. The largest absolute Gasteiger partial charge is 0.326 e. The zero-order valence-corrected chi connectivity index (χ0v) is 17.4. The van der Waals surface area contributed by atoms with Crippen molar-refractivity contribution in [3.05, 3.63) is 45.6 Å². The molecule has 1 aromatic carbocycles. The predicted octanol–water partition coefficient (Wildman–Crippen LogP) is 3.60. The molecule has 2 atom stereocenters. The molecular weight excluding hydrogens is 396 g/mol. The fourth-order valence-electron chi connectivity index (χ4n) is 4.30. The van der Waals surface area contributed by atoms with Crippen LogP contribution in [0.25, 0.3) is 0 Å². The summed E-state index contributed by atoms with van der Waals surface area (Å²) in [6.45, 7) is 4.87. The van der Waals surface area contributed by atoms with Gasteiger partial charge in [0.25, 0.3) is 5.91 Å². The second-order valence-electron chi connectivity index (χ2n) is 7.98. The molecule has 2 aliphatic heterocycles. The summed E-state index contributed by atoms with van der Waals surface area (Å²) in [4.78, 5) is 28.8. The summed E-state index contributed by atoms with van der Waals surface area (Å²) in [6.07, 6.45) is 0. The van der Waals surface area contributed by atoms with Crippen LogP contribution in [0.5, 0.6) is 0 Å². The number of benzene rings is 1. The minimum atomic E-state index is -2.54. The molecule has 0 bridgehead atoms. The second-order valence-corrected chi connectivity index (χ2v) is 9.44. The Labute approximate surface area is 172 Å². The molecule has 2 saturated heterocycles. The zero-order valence-electron chi connectivity index (χ0n) is 16.6. The molecule has 2 aliphatic rings. The quantitative estimate of drug-likeness (QED) is 0.824. The number of nitrogens with zero attached hydrogens (tertiary/aromatic N) is 2. The van der Waals surface area contributed by atoms with Gasteiger partial charge in [-0.15, -0.1) is 11.3 Å². The van der Waals surface area contributed by atoms with Crippen molar-refractivity contribution in [3.8, 4) is 0 Å². The Morgan fingerprint density at radius 3 is 2.41 bits per heavy atom. The lowest BCUT2D eigenvalue weighted by atomic mass is 9.93. The van der Waals surface area contributed by atoms with E-state index in [1.807, 2.05) is 19.9 Å². The van der Waals surface area contributed by atoms with Crippen molar-refractivity contribution in [2.24, 2.45) is 0 Å². The van der Waals surface area contributed by atoms with Gasteiger partial charge in [-0.3, -0.25) is 14.5 Å². The van der Waals surface area contributed by atoms with Crippen LogP contribution in [-0.4, -0.2) is 47.7 Å². The Kier molecular flexibility index (Phi) is 4.74. The van der Waals surface area contributed by atoms with E-state index < -0.39 is 17.2 Å². The van der Waals surface area contributed by atoms with Crippen molar-refractivity contribution in [2.45, 2.75) is 38.7 Å². The number of thiophene rings is 1. The lowest BCUT2D eigenvalue weighted by Gasteiger charge is -2.22. The van der Waals surface area contributed by atoms with Gasteiger partial charge in [0.05, 0.1) is 12.2 Å². The fourth-order valence-corrected chi connectivity index (χ4v) is 5.23. The van der Waals surface area contributed by atoms with Crippen molar-refractivity contribution in [1.82, 2.24) is 4.90 Å². The van der Waals surface area contributed by atoms with Gasteiger partial charge in [0, 0.05) is 42.0 Å². The highest BCUT2D eigenvalue weighted by atomic mass is 32.1. The molecule has 2 amide bonds. The maximum absolute atomic E-state index is 15.7. The van der Waals surface area contributed by atoms with Crippen molar-refractivity contribution in [2.75, 3.05) is 29.9 Å². The van der Waals surface area contributed by atoms with E-state index >= 15 is 8.78 Å². The zero-order chi connectivity index (χ0) is 21.0. The molecule has 0 saturated carbocycles. The first-order valence-electron chi connectivity index (χ1n) is 9.47. The van der Waals surface area contributed by atoms with Crippen LogP contribution in [0.1, 0.15) is 22.2 Å². The number of halogens is 2. The van der Waals surface area contributed by atoms with E-state index in [4.69, 9.17) is 0 Å². The summed E-state index contributed by atoms with van der Waals surface area (Å²) in [5.74, 6) is -0.951. The highest BCUT2D eigenvalue weighted by Crippen LogP contribution is 2.48. The number of likely N-dealkylation sites (tertiary alicyclic amines) is 1. The molecule has 1 N–H and O–H groups in total. The Bertz CT molecular complexity index is 977. The van der Waals surface area contributed by atoms with Crippen molar-refractivity contribution >= 4 is 34.5 Å². The average molecular weight is 419 g/mol. The number of hydrogen-bond donors (Lipinski definition) is 1. The van der Waals surface area contributed by atoms with E-state index in [0.29, 0.717) is 17.9 Å². The molecule has 0 aliphatic carbocycles. The summed E-state index contributed by atoms with van der Waals surface area (Å²) in [5.41, 5.74) is -2.63. The fraction of sp³-hybridized carbons (Fsp3) is 0.429. The maximum Gasteiger partial charge on any atom is 0.269 e. The number of fused-ring (bicyclic) bond motifs is 1. The number of nitrogens with one attached hydrogen (secondary N) is 1. The van der Waals surface area contributed by atoms with Crippen LogP contribution in [0.15, 0.2) is 30.3 Å². The standard InChI is InChI=1S/C21H23F2N3O2S/c1-13-8-18(14(2)29-13)26-11-20(22)10-25(12-21(20,23)19(26)28)9-16-4-6-17(7-5-16)24-15(3)27/h4-8H,9-12H2,1-3H3,(H,24,27)/t20-,21+/m1/s1. The van der Waals surface area contributed by atoms with E-state index in [0.717, 1.165) is 15.3 Å². The summed E-state index contributed by atoms with van der Waals surface area (Å²) < 4.78 is 31.3. The molecule has 2 fully saturated rings. The minimum absolute atomic E-state index is 0.138. The highest BCUT2D eigenvalue weighted by Gasteiger charge is 2.71. The van der Waals surface area contributed by atoms with Crippen molar-refractivity contribution < 1.29 is 18.4 Å². The third-order valence-electron chi connectivity index (χ3n) is 5.60. The van der Waals surface area contributed by atoms with Gasteiger partial charge in [-0.25, -0.2) is 8.78 Å². The van der Waals surface area contributed by atoms with Gasteiger partial charge in [-0.2, -0.15) is 0 Å². The van der Waals surface area contributed by atoms with Gasteiger partial charge >= 0.3 is 0 Å². The molecule has 2 aromatic rings. The minimum Gasteiger partial charge on any atom is -0.326 e. The molecule has 4 rings (SSSR count). The van der Waals surface area contributed by atoms with Gasteiger partial charge in [0.2, 0.25) is 11.6 Å². The Morgan fingerprint density at radius 2 is 1.86 bits per heavy atom. The van der Waals surface area contributed by atoms with Gasteiger partial charge in [0.1, 0.15) is 0 Å². The number of carbonyl (C=O) groups excluding carboxylic acids is 2. The molecule has 29 heavy (non-hydrogen) atoms. The number of aryl methyl sites for hydroxylation is 2. The van der Waals surface area contributed by atoms with Crippen LogP contribution >= 0.6 is 11.3 Å².